The molecule has 1 fully saturated rings. The number of benzene rings is 1. The van der Waals surface area contributed by atoms with E-state index < -0.39 is 0 Å². The predicted molar refractivity (Wildman–Crippen MR) is 91.1 cm³/mol. The maximum Gasteiger partial charge on any atom is 0.0377 e. The Morgan fingerprint density at radius 3 is 2.55 bits per heavy atom. The third-order valence-corrected chi connectivity index (χ3v) is 5.24. The normalized spacial score (nSPS) is 21.9. The van der Waals surface area contributed by atoms with Crippen molar-refractivity contribution < 1.29 is 0 Å². The highest BCUT2D eigenvalue weighted by molar-refractivity contribution is 9.10. The van der Waals surface area contributed by atoms with Crippen LogP contribution in [0.2, 0.25) is 0 Å². The van der Waals surface area contributed by atoms with Gasteiger partial charge >= 0.3 is 0 Å². The van der Waals surface area contributed by atoms with E-state index in [1.54, 1.807) is 0 Å². The molecule has 0 aliphatic carbocycles. The lowest BCUT2D eigenvalue weighted by molar-refractivity contribution is 0.351. The van der Waals surface area contributed by atoms with Crippen LogP contribution in [0.25, 0.3) is 0 Å². The van der Waals surface area contributed by atoms with E-state index in [4.69, 9.17) is 5.73 Å². The summed E-state index contributed by atoms with van der Waals surface area (Å²) in [4.78, 5) is 2.53. The van der Waals surface area contributed by atoms with Crippen molar-refractivity contribution in [2.45, 2.75) is 46.1 Å². The summed E-state index contributed by atoms with van der Waals surface area (Å²) in [7, 11) is 0. The fourth-order valence-electron chi connectivity index (χ4n) is 3.13. The van der Waals surface area contributed by atoms with Gasteiger partial charge in [-0.1, -0.05) is 35.8 Å². The van der Waals surface area contributed by atoms with E-state index in [0.29, 0.717) is 0 Å². The third kappa shape index (κ3) is 3.76. The Morgan fingerprint density at radius 2 is 1.95 bits per heavy atom. The number of anilines is 1. The van der Waals surface area contributed by atoms with Gasteiger partial charge in [0.15, 0.2) is 0 Å². The molecule has 3 heteroatoms. The van der Waals surface area contributed by atoms with Gasteiger partial charge in [-0.25, -0.2) is 0 Å². The molecule has 1 aromatic rings. The fraction of sp³-hybridized carbons (Fsp3) is 0.647. The van der Waals surface area contributed by atoms with Gasteiger partial charge in [-0.15, -0.1) is 0 Å². The van der Waals surface area contributed by atoms with Crippen LogP contribution in [0.5, 0.6) is 0 Å². The second-order valence-corrected chi connectivity index (χ2v) is 7.27. The molecule has 1 saturated heterocycles. The lowest BCUT2D eigenvalue weighted by Gasteiger charge is -2.24. The average Bonchev–Trinajstić information content (AvgIpc) is 2.63. The summed E-state index contributed by atoms with van der Waals surface area (Å²) < 4.78 is 1.13. The minimum absolute atomic E-state index is 0.0767. The summed E-state index contributed by atoms with van der Waals surface area (Å²) in [6.45, 7) is 9.08. The van der Waals surface area contributed by atoms with Crippen LogP contribution in [0.4, 0.5) is 5.69 Å². The maximum atomic E-state index is 5.98. The van der Waals surface area contributed by atoms with Crippen molar-refractivity contribution in [1.82, 2.24) is 0 Å². The SMILES string of the molecule is CC(C)C1CCCN(c2ccc([C@H](C)N)c(Br)c2)CC1. The molecule has 2 N–H and O–H groups in total. The van der Waals surface area contributed by atoms with E-state index in [-0.39, 0.29) is 6.04 Å². The molecule has 0 amide bonds. The predicted octanol–water partition coefficient (Wildman–Crippen LogP) is 4.73. The Hall–Kier alpha value is -0.540. The average molecular weight is 339 g/mol. The van der Waals surface area contributed by atoms with Crippen LogP contribution in [-0.4, -0.2) is 13.1 Å². The molecular weight excluding hydrogens is 312 g/mol. The van der Waals surface area contributed by atoms with Crippen LogP contribution in [0.15, 0.2) is 22.7 Å². The monoisotopic (exact) mass is 338 g/mol. The van der Waals surface area contributed by atoms with Gasteiger partial charge < -0.3 is 10.6 Å². The molecule has 0 saturated carbocycles. The van der Waals surface area contributed by atoms with Crippen LogP contribution in [0.1, 0.15) is 51.6 Å². The summed E-state index contributed by atoms with van der Waals surface area (Å²) in [5.41, 5.74) is 8.48. The first-order chi connectivity index (χ1) is 9.49. The van der Waals surface area contributed by atoms with Gasteiger partial charge in [-0.3, -0.25) is 0 Å². The van der Waals surface area contributed by atoms with Crippen molar-refractivity contribution in [3.63, 3.8) is 0 Å². The van der Waals surface area contributed by atoms with E-state index in [2.05, 4.69) is 52.9 Å². The van der Waals surface area contributed by atoms with Crippen LogP contribution in [-0.2, 0) is 0 Å². The Labute approximate surface area is 131 Å². The lowest BCUT2D eigenvalue weighted by atomic mass is 9.89. The zero-order valence-corrected chi connectivity index (χ0v) is 14.5. The van der Waals surface area contributed by atoms with Gasteiger partial charge in [0, 0.05) is 29.3 Å². The van der Waals surface area contributed by atoms with Crippen molar-refractivity contribution in [2.24, 2.45) is 17.6 Å². The molecule has 2 atom stereocenters. The smallest absolute Gasteiger partial charge is 0.0377 e. The second kappa shape index (κ2) is 6.95. The molecule has 1 aromatic carbocycles. The number of halogens is 1. The summed E-state index contributed by atoms with van der Waals surface area (Å²) in [5.74, 6) is 1.69. The van der Waals surface area contributed by atoms with E-state index in [1.807, 2.05) is 6.92 Å². The van der Waals surface area contributed by atoms with E-state index in [1.165, 1.54) is 43.6 Å². The Kier molecular flexibility index (Phi) is 5.50. The number of hydrogen-bond acceptors (Lipinski definition) is 2. The van der Waals surface area contributed by atoms with E-state index in [0.717, 1.165) is 16.3 Å². The Balaban J connectivity index is 2.10. The van der Waals surface area contributed by atoms with Gasteiger partial charge in [0.05, 0.1) is 0 Å². The number of nitrogens with zero attached hydrogens (tertiary/aromatic N) is 1. The number of nitrogens with two attached hydrogens (primary N) is 1. The lowest BCUT2D eigenvalue weighted by Crippen LogP contribution is -2.24. The molecular formula is C17H27BrN2. The maximum absolute atomic E-state index is 5.98. The second-order valence-electron chi connectivity index (χ2n) is 6.42. The van der Waals surface area contributed by atoms with Gasteiger partial charge in [-0.2, -0.15) is 0 Å². The Morgan fingerprint density at radius 1 is 1.20 bits per heavy atom. The molecule has 1 aliphatic heterocycles. The molecule has 112 valence electrons. The highest BCUT2D eigenvalue weighted by Gasteiger charge is 2.20. The quantitative estimate of drug-likeness (QED) is 0.862. The van der Waals surface area contributed by atoms with Crippen molar-refractivity contribution in [3.8, 4) is 0 Å². The molecule has 1 unspecified atom stereocenters. The first kappa shape index (κ1) is 15.8. The highest BCUT2D eigenvalue weighted by atomic mass is 79.9. The van der Waals surface area contributed by atoms with Crippen molar-refractivity contribution in [3.05, 3.63) is 28.2 Å². The standard InChI is InChI=1S/C17H27BrN2/c1-12(2)14-5-4-9-20(10-8-14)15-6-7-16(13(3)19)17(18)11-15/h6-7,11-14H,4-5,8-10,19H2,1-3H3/t13-,14?/m0/s1. The minimum atomic E-state index is 0.0767. The molecule has 0 aromatic heterocycles. The minimum Gasteiger partial charge on any atom is -0.371 e. The Bertz CT molecular complexity index is 443. The van der Waals surface area contributed by atoms with Gasteiger partial charge in [-0.05, 0) is 55.7 Å². The first-order valence-electron chi connectivity index (χ1n) is 7.79. The molecule has 1 heterocycles. The first-order valence-corrected chi connectivity index (χ1v) is 8.58. The fourth-order valence-corrected chi connectivity index (χ4v) is 3.86. The van der Waals surface area contributed by atoms with Crippen molar-refractivity contribution in [2.75, 3.05) is 18.0 Å². The third-order valence-electron chi connectivity index (χ3n) is 4.56. The van der Waals surface area contributed by atoms with Gasteiger partial charge in [0.2, 0.25) is 0 Å². The topological polar surface area (TPSA) is 29.3 Å². The molecule has 0 radical (unpaired) electrons. The van der Waals surface area contributed by atoms with Gasteiger partial charge in [0.25, 0.3) is 0 Å². The molecule has 0 bridgehead atoms. The molecule has 2 nitrogen and oxygen atoms in total. The largest absolute Gasteiger partial charge is 0.371 e. The summed E-state index contributed by atoms with van der Waals surface area (Å²) in [6.07, 6.45) is 3.98. The van der Waals surface area contributed by atoms with Crippen molar-refractivity contribution >= 4 is 21.6 Å². The summed E-state index contributed by atoms with van der Waals surface area (Å²) in [5, 5.41) is 0. The zero-order chi connectivity index (χ0) is 14.7. The van der Waals surface area contributed by atoms with E-state index in [9.17, 15) is 0 Å². The summed E-state index contributed by atoms with van der Waals surface area (Å²) in [6, 6.07) is 6.69. The number of hydrogen-bond donors (Lipinski definition) is 1. The zero-order valence-electron chi connectivity index (χ0n) is 12.9. The van der Waals surface area contributed by atoms with Crippen molar-refractivity contribution in [1.29, 1.82) is 0 Å². The molecule has 0 spiro atoms. The van der Waals surface area contributed by atoms with Gasteiger partial charge in [0.1, 0.15) is 0 Å². The van der Waals surface area contributed by atoms with Crippen LogP contribution in [0, 0.1) is 11.8 Å². The van der Waals surface area contributed by atoms with Crippen LogP contribution >= 0.6 is 15.9 Å². The van der Waals surface area contributed by atoms with Crippen LogP contribution < -0.4 is 10.6 Å². The highest BCUT2D eigenvalue weighted by Crippen LogP contribution is 2.31. The summed E-state index contributed by atoms with van der Waals surface area (Å²) >= 11 is 3.66. The molecule has 20 heavy (non-hydrogen) atoms. The van der Waals surface area contributed by atoms with E-state index >= 15 is 0 Å². The molecule has 2 rings (SSSR count). The molecule has 1 aliphatic rings. The number of rotatable bonds is 3. The van der Waals surface area contributed by atoms with Crippen LogP contribution in [0.3, 0.4) is 0 Å².